The monoisotopic (exact) mass is 303 g/mol. The number of aliphatic hydroxyl groups excluding tert-OH is 1. The summed E-state index contributed by atoms with van der Waals surface area (Å²) in [6, 6.07) is 0.335. The zero-order chi connectivity index (χ0) is 13.0. The summed E-state index contributed by atoms with van der Waals surface area (Å²) in [5, 5.41) is 16.9. The maximum absolute atomic E-state index is 9.03. The van der Waals surface area contributed by atoms with Crippen LogP contribution < -0.4 is 5.32 Å². The van der Waals surface area contributed by atoms with Crippen LogP contribution in [0.3, 0.4) is 0 Å². The van der Waals surface area contributed by atoms with E-state index in [2.05, 4.69) is 40.2 Å². The standard InChI is InChI=1S/C12H22BrN3O/c1-8(2)10(5-6-17)14-7-11-12(13)9(3)15-16(11)4/h8,10,14,17H,5-7H2,1-4H3. The summed E-state index contributed by atoms with van der Waals surface area (Å²) < 4.78 is 2.96. The molecule has 98 valence electrons. The van der Waals surface area contributed by atoms with Crippen LogP contribution in [0.15, 0.2) is 4.47 Å². The molecule has 1 aromatic heterocycles. The zero-order valence-electron chi connectivity index (χ0n) is 11.0. The van der Waals surface area contributed by atoms with Crippen LogP contribution in [-0.2, 0) is 13.6 Å². The molecule has 1 unspecified atom stereocenters. The van der Waals surface area contributed by atoms with Crippen molar-refractivity contribution >= 4 is 15.9 Å². The van der Waals surface area contributed by atoms with Gasteiger partial charge in [0.05, 0.1) is 15.9 Å². The smallest absolute Gasteiger partial charge is 0.0739 e. The van der Waals surface area contributed by atoms with Gasteiger partial charge in [-0.2, -0.15) is 5.10 Å². The Labute approximate surface area is 112 Å². The molecule has 0 amide bonds. The minimum atomic E-state index is 0.224. The second kappa shape index (κ2) is 6.52. The van der Waals surface area contributed by atoms with Crippen LogP contribution >= 0.6 is 15.9 Å². The van der Waals surface area contributed by atoms with Crippen molar-refractivity contribution < 1.29 is 5.11 Å². The van der Waals surface area contributed by atoms with Crippen molar-refractivity contribution in [1.29, 1.82) is 0 Å². The van der Waals surface area contributed by atoms with Crippen molar-refractivity contribution in [2.75, 3.05) is 6.61 Å². The highest BCUT2D eigenvalue weighted by Gasteiger charge is 2.15. The van der Waals surface area contributed by atoms with Crippen molar-refractivity contribution in [2.45, 2.75) is 39.8 Å². The molecule has 0 fully saturated rings. The molecule has 17 heavy (non-hydrogen) atoms. The normalized spacial score (nSPS) is 13.4. The van der Waals surface area contributed by atoms with Gasteiger partial charge in [-0.05, 0) is 35.2 Å². The van der Waals surface area contributed by atoms with Crippen LogP contribution in [0.1, 0.15) is 31.7 Å². The van der Waals surface area contributed by atoms with E-state index >= 15 is 0 Å². The van der Waals surface area contributed by atoms with E-state index in [-0.39, 0.29) is 6.61 Å². The first kappa shape index (κ1) is 14.7. The molecule has 0 radical (unpaired) electrons. The lowest BCUT2D eigenvalue weighted by molar-refractivity contribution is 0.243. The predicted molar refractivity (Wildman–Crippen MR) is 72.8 cm³/mol. The average Bonchev–Trinajstić information content (AvgIpc) is 2.49. The fraction of sp³-hybridized carbons (Fsp3) is 0.750. The van der Waals surface area contributed by atoms with E-state index in [1.54, 1.807) is 0 Å². The van der Waals surface area contributed by atoms with E-state index in [9.17, 15) is 0 Å². The van der Waals surface area contributed by atoms with E-state index in [4.69, 9.17) is 5.11 Å². The van der Waals surface area contributed by atoms with Crippen LogP contribution in [-0.4, -0.2) is 27.5 Å². The van der Waals surface area contributed by atoms with Gasteiger partial charge >= 0.3 is 0 Å². The van der Waals surface area contributed by atoms with Gasteiger partial charge in [0.15, 0.2) is 0 Å². The summed E-state index contributed by atoms with van der Waals surface area (Å²) >= 11 is 3.55. The highest BCUT2D eigenvalue weighted by Crippen LogP contribution is 2.20. The third-order valence-electron chi connectivity index (χ3n) is 3.04. The summed E-state index contributed by atoms with van der Waals surface area (Å²) in [7, 11) is 1.95. The lowest BCUT2D eigenvalue weighted by Gasteiger charge is -2.21. The minimum Gasteiger partial charge on any atom is -0.396 e. The van der Waals surface area contributed by atoms with E-state index in [0.717, 1.165) is 28.8 Å². The molecule has 0 bridgehead atoms. The summed E-state index contributed by atoms with van der Waals surface area (Å²) in [5.74, 6) is 0.509. The summed E-state index contributed by atoms with van der Waals surface area (Å²) in [6.45, 7) is 7.30. The Balaban J connectivity index is 2.65. The van der Waals surface area contributed by atoms with Gasteiger partial charge in [0.25, 0.3) is 0 Å². The first-order valence-corrected chi connectivity index (χ1v) is 6.78. The van der Waals surface area contributed by atoms with Gasteiger partial charge in [0, 0.05) is 26.2 Å². The third-order valence-corrected chi connectivity index (χ3v) is 4.07. The first-order chi connectivity index (χ1) is 7.97. The maximum Gasteiger partial charge on any atom is 0.0739 e. The van der Waals surface area contributed by atoms with Crippen LogP contribution in [0.5, 0.6) is 0 Å². The highest BCUT2D eigenvalue weighted by molar-refractivity contribution is 9.10. The van der Waals surface area contributed by atoms with Crippen molar-refractivity contribution in [3.05, 3.63) is 15.9 Å². The Hall–Kier alpha value is -0.390. The van der Waals surface area contributed by atoms with Crippen LogP contribution in [0.4, 0.5) is 0 Å². The molecule has 2 N–H and O–H groups in total. The molecule has 0 aliphatic carbocycles. The van der Waals surface area contributed by atoms with Crippen LogP contribution in [0.2, 0.25) is 0 Å². The molecule has 4 nitrogen and oxygen atoms in total. The summed E-state index contributed by atoms with van der Waals surface area (Å²) in [6.07, 6.45) is 0.784. The second-order valence-electron chi connectivity index (χ2n) is 4.71. The molecule has 0 aromatic carbocycles. The van der Waals surface area contributed by atoms with Gasteiger partial charge in [-0.1, -0.05) is 13.8 Å². The van der Waals surface area contributed by atoms with Gasteiger partial charge in [-0.25, -0.2) is 0 Å². The van der Waals surface area contributed by atoms with E-state index in [1.807, 2.05) is 18.7 Å². The molecule has 0 aliphatic heterocycles. The third kappa shape index (κ3) is 3.79. The van der Waals surface area contributed by atoms with E-state index in [0.29, 0.717) is 12.0 Å². The van der Waals surface area contributed by atoms with Crippen molar-refractivity contribution in [3.8, 4) is 0 Å². The first-order valence-electron chi connectivity index (χ1n) is 5.99. The van der Waals surface area contributed by atoms with Crippen molar-refractivity contribution in [2.24, 2.45) is 13.0 Å². The Bertz CT molecular complexity index is 363. The van der Waals surface area contributed by atoms with Crippen molar-refractivity contribution in [3.63, 3.8) is 0 Å². The lowest BCUT2D eigenvalue weighted by Crippen LogP contribution is -2.34. The Morgan fingerprint density at radius 2 is 2.12 bits per heavy atom. The van der Waals surface area contributed by atoms with Crippen LogP contribution in [0, 0.1) is 12.8 Å². The predicted octanol–water partition coefficient (Wildman–Crippen LogP) is 1.99. The summed E-state index contributed by atoms with van der Waals surface area (Å²) in [4.78, 5) is 0. The molecule has 0 saturated carbocycles. The Kier molecular flexibility index (Phi) is 5.62. The SMILES string of the molecule is Cc1nn(C)c(CNC(CCO)C(C)C)c1Br. The molecular formula is C12H22BrN3O. The topological polar surface area (TPSA) is 50.1 Å². The Morgan fingerprint density at radius 1 is 1.47 bits per heavy atom. The van der Waals surface area contributed by atoms with Crippen molar-refractivity contribution in [1.82, 2.24) is 15.1 Å². The van der Waals surface area contributed by atoms with Crippen LogP contribution in [0.25, 0.3) is 0 Å². The van der Waals surface area contributed by atoms with Gasteiger partial charge in [-0.15, -0.1) is 0 Å². The number of hydrogen-bond donors (Lipinski definition) is 2. The minimum absolute atomic E-state index is 0.224. The molecule has 5 heteroatoms. The average molecular weight is 304 g/mol. The number of rotatable bonds is 6. The number of aryl methyl sites for hydroxylation is 2. The molecular weight excluding hydrogens is 282 g/mol. The Morgan fingerprint density at radius 3 is 2.53 bits per heavy atom. The lowest BCUT2D eigenvalue weighted by atomic mass is 10.0. The fourth-order valence-electron chi connectivity index (χ4n) is 1.91. The molecule has 1 atom stereocenters. The largest absolute Gasteiger partial charge is 0.396 e. The van der Waals surface area contributed by atoms with Gasteiger partial charge < -0.3 is 10.4 Å². The molecule has 0 spiro atoms. The van der Waals surface area contributed by atoms with Gasteiger partial charge in [0.1, 0.15) is 0 Å². The number of halogens is 1. The zero-order valence-corrected chi connectivity index (χ0v) is 12.6. The fourth-order valence-corrected chi connectivity index (χ4v) is 2.39. The number of nitrogens with zero attached hydrogens (tertiary/aromatic N) is 2. The molecule has 1 aromatic rings. The number of aliphatic hydroxyl groups is 1. The van der Waals surface area contributed by atoms with Gasteiger partial charge in [-0.3, -0.25) is 4.68 Å². The molecule has 0 aliphatic rings. The number of aromatic nitrogens is 2. The van der Waals surface area contributed by atoms with Gasteiger partial charge in [0.2, 0.25) is 0 Å². The second-order valence-corrected chi connectivity index (χ2v) is 5.51. The van der Waals surface area contributed by atoms with E-state index < -0.39 is 0 Å². The number of hydrogen-bond acceptors (Lipinski definition) is 3. The quantitative estimate of drug-likeness (QED) is 0.845. The number of nitrogens with one attached hydrogen (secondary N) is 1. The molecule has 1 rings (SSSR count). The molecule has 1 heterocycles. The highest BCUT2D eigenvalue weighted by atomic mass is 79.9. The summed E-state index contributed by atoms with van der Waals surface area (Å²) in [5.41, 5.74) is 2.15. The molecule has 0 saturated heterocycles. The maximum atomic E-state index is 9.03. The van der Waals surface area contributed by atoms with E-state index in [1.165, 1.54) is 0 Å².